The molecule has 0 aliphatic rings. The Morgan fingerprint density at radius 3 is 2.36 bits per heavy atom. The largest absolute Gasteiger partial charge is 0.497 e. The van der Waals surface area contributed by atoms with E-state index in [4.69, 9.17) is 16.3 Å². The third-order valence-electron chi connectivity index (χ3n) is 3.90. The minimum absolute atomic E-state index is 0.112. The summed E-state index contributed by atoms with van der Waals surface area (Å²) >= 11 is 5.93. The molecule has 25 heavy (non-hydrogen) atoms. The first-order chi connectivity index (χ1) is 12.1. The van der Waals surface area contributed by atoms with Crippen LogP contribution in [-0.4, -0.2) is 11.7 Å². The fourth-order valence-electron chi connectivity index (χ4n) is 2.56. The second-order valence-electron chi connectivity index (χ2n) is 5.54. The van der Waals surface area contributed by atoms with Gasteiger partial charge in [0.1, 0.15) is 17.4 Å². The van der Waals surface area contributed by atoms with Gasteiger partial charge in [-0.25, -0.2) is 0 Å². The lowest BCUT2D eigenvalue weighted by atomic mass is 10.1. The maximum Gasteiger partial charge on any atom is 0.268 e. The number of hydrogen-bond donors (Lipinski definition) is 0. The van der Waals surface area contributed by atoms with Crippen molar-refractivity contribution in [3.05, 3.63) is 87.3 Å². The number of pyridine rings is 1. The normalized spacial score (nSPS) is 10.3. The molecule has 5 heteroatoms. The number of hydrogen-bond acceptors (Lipinski definition) is 3. The van der Waals surface area contributed by atoms with E-state index in [0.29, 0.717) is 11.6 Å². The first-order valence-electron chi connectivity index (χ1n) is 7.64. The number of benzene rings is 2. The molecule has 1 aromatic heterocycles. The van der Waals surface area contributed by atoms with E-state index >= 15 is 0 Å². The molecule has 4 nitrogen and oxygen atoms in total. The van der Waals surface area contributed by atoms with Gasteiger partial charge in [0.25, 0.3) is 5.56 Å². The minimum Gasteiger partial charge on any atom is -0.497 e. The summed E-state index contributed by atoms with van der Waals surface area (Å²) in [5.74, 6) is 0.753. The summed E-state index contributed by atoms with van der Waals surface area (Å²) in [4.78, 5) is 12.5. The monoisotopic (exact) mass is 350 g/mol. The van der Waals surface area contributed by atoms with Crippen LogP contribution in [0.2, 0.25) is 5.02 Å². The van der Waals surface area contributed by atoms with Crippen LogP contribution in [0.5, 0.6) is 5.75 Å². The van der Waals surface area contributed by atoms with Crippen molar-refractivity contribution in [3.63, 3.8) is 0 Å². The van der Waals surface area contributed by atoms with Gasteiger partial charge in [-0.3, -0.25) is 4.79 Å². The van der Waals surface area contributed by atoms with Crippen molar-refractivity contribution in [2.45, 2.75) is 6.54 Å². The second kappa shape index (κ2) is 7.25. The summed E-state index contributed by atoms with van der Waals surface area (Å²) < 4.78 is 6.69. The lowest BCUT2D eigenvalue weighted by molar-refractivity contribution is 0.414. The summed E-state index contributed by atoms with van der Waals surface area (Å²) in [6.07, 6.45) is 1.76. The zero-order chi connectivity index (χ0) is 17.8. The Morgan fingerprint density at radius 2 is 1.76 bits per heavy atom. The second-order valence-corrected chi connectivity index (χ2v) is 5.98. The predicted molar refractivity (Wildman–Crippen MR) is 98.0 cm³/mol. The van der Waals surface area contributed by atoms with Crippen LogP contribution >= 0.6 is 11.6 Å². The Balaban J connectivity index is 2.03. The highest BCUT2D eigenvalue weighted by Gasteiger charge is 2.09. The smallest absolute Gasteiger partial charge is 0.268 e. The maximum atomic E-state index is 12.5. The Kier molecular flexibility index (Phi) is 4.87. The van der Waals surface area contributed by atoms with E-state index < -0.39 is 0 Å². The van der Waals surface area contributed by atoms with Crippen molar-refractivity contribution >= 4 is 11.6 Å². The number of aromatic nitrogens is 1. The number of nitriles is 1. The maximum absolute atomic E-state index is 12.5. The lowest BCUT2D eigenvalue weighted by Gasteiger charge is -2.10. The molecule has 0 atom stereocenters. The highest BCUT2D eigenvalue weighted by Crippen LogP contribution is 2.22. The Hall–Kier alpha value is -3.03. The molecule has 0 spiro atoms. The summed E-state index contributed by atoms with van der Waals surface area (Å²) in [5, 5.41) is 9.93. The fraction of sp³-hybridized carbons (Fsp3) is 0.100. The number of nitrogens with zero attached hydrogens (tertiary/aromatic N) is 2. The molecule has 0 N–H and O–H groups in total. The Labute approximate surface area is 150 Å². The molecule has 0 saturated carbocycles. The standard InChI is InChI=1S/C20H15ClN2O2/c1-25-19-8-2-14(3-9-19)12-23-13-17(10-16(11-22)20(23)24)15-4-6-18(21)7-5-15/h2-10,13H,12H2,1H3. The van der Waals surface area contributed by atoms with E-state index in [1.54, 1.807) is 36.1 Å². The number of ether oxygens (including phenoxy) is 1. The third kappa shape index (κ3) is 3.73. The van der Waals surface area contributed by atoms with Crippen molar-refractivity contribution in [1.29, 1.82) is 5.26 Å². The van der Waals surface area contributed by atoms with Gasteiger partial charge < -0.3 is 9.30 Å². The van der Waals surface area contributed by atoms with Crippen LogP contribution in [0.4, 0.5) is 0 Å². The van der Waals surface area contributed by atoms with E-state index in [0.717, 1.165) is 22.4 Å². The van der Waals surface area contributed by atoms with Crippen LogP contribution in [0.15, 0.2) is 65.6 Å². The molecule has 0 unspecified atom stereocenters. The number of methoxy groups -OCH3 is 1. The first-order valence-corrected chi connectivity index (χ1v) is 8.02. The molecule has 0 fully saturated rings. The predicted octanol–water partition coefficient (Wildman–Crippen LogP) is 4.10. The highest BCUT2D eigenvalue weighted by molar-refractivity contribution is 6.30. The fourth-order valence-corrected chi connectivity index (χ4v) is 2.69. The summed E-state index contributed by atoms with van der Waals surface area (Å²) in [6, 6.07) is 18.3. The minimum atomic E-state index is -0.309. The zero-order valence-corrected chi connectivity index (χ0v) is 14.3. The van der Waals surface area contributed by atoms with E-state index in [2.05, 4.69) is 0 Å². The van der Waals surface area contributed by atoms with Gasteiger partial charge in [0.05, 0.1) is 13.7 Å². The van der Waals surface area contributed by atoms with Gasteiger partial charge in [-0.1, -0.05) is 35.9 Å². The highest BCUT2D eigenvalue weighted by atomic mass is 35.5. The van der Waals surface area contributed by atoms with Gasteiger partial charge in [-0.2, -0.15) is 5.26 Å². The third-order valence-corrected chi connectivity index (χ3v) is 4.15. The van der Waals surface area contributed by atoms with E-state index in [1.165, 1.54) is 0 Å². The molecule has 0 aliphatic carbocycles. The van der Waals surface area contributed by atoms with Crippen LogP contribution in [0.3, 0.4) is 0 Å². The molecule has 3 rings (SSSR count). The van der Waals surface area contributed by atoms with E-state index in [-0.39, 0.29) is 11.1 Å². The molecular weight excluding hydrogens is 336 g/mol. The van der Waals surface area contributed by atoms with Crippen molar-refractivity contribution in [2.24, 2.45) is 0 Å². The zero-order valence-electron chi connectivity index (χ0n) is 13.6. The average Bonchev–Trinajstić information content (AvgIpc) is 2.64. The number of rotatable bonds is 4. The van der Waals surface area contributed by atoms with E-state index in [9.17, 15) is 10.1 Å². The van der Waals surface area contributed by atoms with Gasteiger partial charge in [0.2, 0.25) is 0 Å². The molecule has 0 bridgehead atoms. The lowest BCUT2D eigenvalue weighted by Crippen LogP contribution is -2.22. The van der Waals surface area contributed by atoms with Crippen LogP contribution in [-0.2, 0) is 6.54 Å². The topological polar surface area (TPSA) is 55.0 Å². The van der Waals surface area contributed by atoms with Crippen molar-refractivity contribution in [1.82, 2.24) is 4.57 Å². The Bertz CT molecular complexity index is 984. The summed E-state index contributed by atoms with van der Waals surface area (Å²) in [7, 11) is 1.61. The Morgan fingerprint density at radius 1 is 1.08 bits per heavy atom. The van der Waals surface area contributed by atoms with E-state index in [1.807, 2.05) is 42.5 Å². The van der Waals surface area contributed by atoms with Gasteiger partial charge in [0.15, 0.2) is 0 Å². The van der Waals surface area contributed by atoms with Crippen LogP contribution < -0.4 is 10.3 Å². The number of halogens is 1. The van der Waals surface area contributed by atoms with Gasteiger partial charge in [0, 0.05) is 11.2 Å². The van der Waals surface area contributed by atoms with Gasteiger partial charge in [-0.15, -0.1) is 0 Å². The molecule has 1 heterocycles. The van der Waals surface area contributed by atoms with Crippen LogP contribution in [0, 0.1) is 11.3 Å². The quantitative estimate of drug-likeness (QED) is 0.712. The molecule has 3 aromatic rings. The molecular formula is C20H15ClN2O2. The first kappa shape index (κ1) is 16.8. The van der Waals surface area contributed by atoms with Gasteiger partial charge in [-0.05, 0) is 47.0 Å². The molecule has 0 aliphatic heterocycles. The average molecular weight is 351 g/mol. The SMILES string of the molecule is COc1ccc(Cn2cc(-c3ccc(Cl)cc3)cc(C#N)c2=O)cc1. The van der Waals surface area contributed by atoms with Crippen molar-refractivity contribution < 1.29 is 4.74 Å². The molecule has 2 aromatic carbocycles. The van der Waals surface area contributed by atoms with Crippen LogP contribution in [0.1, 0.15) is 11.1 Å². The van der Waals surface area contributed by atoms with Crippen molar-refractivity contribution in [2.75, 3.05) is 7.11 Å². The van der Waals surface area contributed by atoms with Crippen molar-refractivity contribution in [3.8, 4) is 22.9 Å². The summed E-state index contributed by atoms with van der Waals surface area (Å²) in [6.45, 7) is 0.374. The molecule has 0 saturated heterocycles. The molecule has 0 amide bonds. The van der Waals surface area contributed by atoms with Crippen LogP contribution in [0.25, 0.3) is 11.1 Å². The molecule has 124 valence electrons. The van der Waals surface area contributed by atoms with Gasteiger partial charge >= 0.3 is 0 Å². The summed E-state index contributed by atoms with van der Waals surface area (Å²) in [5.41, 5.74) is 2.43. The molecule has 0 radical (unpaired) electrons.